The summed E-state index contributed by atoms with van der Waals surface area (Å²) < 4.78 is 0.919. The van der Waals surface area contributed by atoms with E-state index < -0.39 is 0 Å². The Morgan fingerprint density at radius 2 is 1.95 bits per heavy atom. The fourth-order valence-corrected chi connectivity index (χ4v) is 2.57. The molecule has 5 nitrogen and oxygen atoms in total. The number of hydrogen-bond donors (Lipinski definition) is 3. The van der Waals surface area contributed by atoms with E-state index in [9.17, 15) is 0 Å². The molecule has 0 aliphatic heterocycles. The maximum atomic E-state index is 6.17. The zero-order chi connectivity index (χ0) is 15.4. The summed E-state index contributed by atoms with van der Waals surface area (Å²) in [5.74, 6) is 7.44. The fraction of sp³-hybridized carbons (Fsp3) is 0.286. The van der Waals surface area contributed by atoms with E-state index in [1.807, 2.05) is 19.1 Å². The van der Waals surface area contributed by atoms with E-state index in [0.717, 1.165) is 34.4 Å². The van der Waals surface area contributed by atoms with Crippen molar-refractivity contribution in [3.63, 3.8) is 0 Å². The Bertz CT molecular complexity index is 648. The number of anilines is 3. The number of benzene rings is 1. The van der Waals surface area contributed by atoms with Gasteiger partial charge in [-0.2, -0.15) is 0 Å². The Labute approximate surface area is 137 Å². The number of nitrogens with two attached hydrogens (primary N) is 1. The second-order valence-corrected chi connectivity index (χ2v) is 5.92. The number of aryl methyl sites for hydroxylation is 2. The minimum absolute atomic E-state index is 0.574. The number of aromatic nitrogens is 2. The maximum absolute atomic E-state index is 6.17. The van der Waals surface area contributed by atoms with Gasteiger partial charge in [0, 0.05) is 22.0 Å². The number of halogens is 2. The van der Waals surface area contributed by atoms with Gasteiger partial charge in [0.2, 0.25) is 0 Å². The molecule has 21 heavy (non-hydrogen) atoms. The molecule has 0 bridgehead atoms. The third kappa shape index (κ3) is 4.06. The number of nitrogen functional groups attached to an aromatic ring is 1. The van der Waals surface area contributed by atoms with Crippen molar-refractivity contribution >= 4 is 44.9 Å². The first-order valence-corrected chi connectivity index (χ1v) is 7.77. The number of hydrazine groups is 1. The average molecular weight is 371 g/mol. The van der Waals surface area contributed by atoms with Crippen LogP contribution in [0.4, 0.5) is 17.3 Å². The van der Waals surface area contributed by atoms with Gasteiger partial charge in [0.25, 0.3) is 0 Å². The van der Waals surface area contributed by atoms with Crippen LogP contribution in [0.1, 0.15) is 24.7 Å². The maximum Gasteiger partial charge on any atom is 0.145 e. The van der Waals surface area contributed by atoms with Gasteiger partial charge in [-0.05, 0) is 47.0 Å². The fourth-order valence-electron chi connectivity index (χ4n) is 1.85. The quantitative estimate of drug-likeness (QED) is 0.543. The lowest BCUT2D eigenvalue weighted by atomic mass is 10.2. The summed E-state index contributed by atoms with van der Waals surface area (Å²) in [6, 6.07) is 5.57. The van der Waals surface area contributed by atoms with E-state index >= 15 is 0 Å². The molecule has 0 aliphatic rings. The molecule has 112 valence electrons. The summed E-state index contributed by atoms with van der Waals surface area (Å²) in [6.07, 6.45) is 1.76. The monoisotopic (exact) mass is 369 g/mol. The minimum atomic E-state index is 0.574. The van der Waals surface area contributed by atoms with Crippen LogP contribution in [-0.2, 0) is 6.42 Å². The minimum Gasteiger partial charge on any atom is -0.339 e. The molecule has 0 unspecified atom stereocenters. The van der Waals surface area contributed by atoms with Crippen molar-refractivity contribution in [2.75, 3.05) is 10.7 Å². The molecular weight excluding hydrogens is 354 g/mol. The highest BCUT2D eigenvalue weighted by Crippen LogP contribution is 2.31. The Balaban J connectivity index is 2.34. The van der Waals surface area contributed by atoms with Gasteiger partial charge >= 0.3 is 0 Å². The highest BCUT2D eigenvalue weighted by atomic mass is 79.9. The van der Waals surface area contributed by atoms with Crippen LogP contribution in [0.15, 0.2) is 22.7 Å². The molecule has 1 heterocycles. The second-order valence-electron chi connectivity index (χ2n) is 4.66. The van der Waals surface area contributed by atoms with Crippen LogP contribution in [0.5, 0.6) is 0 Å². The largest absolute Gasteiger partial charge is 0.339 e. The zero-order valence-corrected chi connectivity index (χ0v) is 14.2. The SMILES string of the molecule is CCCc1nc(NN)cc(Nc2cc(Cl)c(C)cc2Br)n1. The van der Waals surface area contributed by atoms with Crippen molar-refractivity contribution in [3.8, 4) is 0 Å². The van der Waals surface area contributed by atoms with Crippen molar-refractivity contribution in [3.05, 3.63) is 39.1 Å². The highest BCUT2D eigenvalue weighted by molar-refractivity contribution is 9.10. The molecule has 0 saturated carbocycles. The molecule has 2 rings (SSSR count). The molecule has 0 atom stereocenters. The third-order valence-corrected chi connectivity index (χ3v) is 3.97. The smallest absolute Gasteiger partial charge is 0.145 e. The van der Waals surface area contributed by atoms with Gasteiger partial charge in [-0.15, -0.1) is 0 Å². The predicted molar refractivity (Wildman–Crippen MR) is 91.0 cm³/mol. The lowest BCUT2D eigenvalue weighted by molar-refractivity contribution is 0.837. The number of nitrogens with zero attached hydrogens (tertiary/aromatic N) is 2. The van der Waals surface area contributed by atoms with Crippen molar-refractivity contribution in [2.24, 2.45) is 5.84 Å². The Morgan fingerprint density at radius 3 is 2.62 bits per heavy atom. The van der Waals surface area contributed by atoms with Crippen LogP contribution in [-0.4, -0.2) is 9.97 Å². The molecule has 0 aliphatic carbocycles. The Morgan fingerprint density at radius 1 is 1.24 bits per heavy atom. The molecule has 4 N–H and O–H groups in total. The van der Waals surface area contributed by atoms with Gasteiger partial charge in [-0.25, -0.2) is 15.8 Å². The van der Waals surface area contributed by atoms with Gasteiger partial charge in [0.05, 0.1) is 5.69 Å². The van der Waals surface area contributed by atoms with Crippen molar-refractivity contribution in [1.29, 1.82) is 0 Å². The first-order valence-electron chi connectivity index (χ1n) is 6.60. The molecule has 1 aromatic carbocycles. The number of rotatable bonds is 5. The summed E-state index contributed by atoms with van der Waals surface area (Å²) in [4.78, 5) is 8.79. The lowest BCUT2D eigenvalue weighted by Crippen LogP contribution is -2.11. The normalized spacial score (nSPS) is 10.5. The van der Waals surface area contributed by atoms with Crippen LogP contribution in [0.3, 0.4) is 0 Å². The molecule has 0 radical (unpaired) electrons. The lowest BCUT2D eigenvalue weighted by Gasteiger charge is -2.12. The zero-order valence-electron chi connectivity index (χ0n) is 11.9. The van der Waals surface area contributed by atoms with Crippen molar-refractivity contribution < 1.29 is 0 Å². The summed E-state index contributed by atoms with van der Waals surface area (Å²) in [5, 5.41) is 3.93. The Hall–Kier alpha value is -1.37. The van der Waals surface area contributed by atoms with Gasteiger partial charge in [0.1, 0.15) is 17.5 Å². The molecule has 2 aromatic rings. The van der Waals surface area contributed by atoms with Crippen molar-refractivity contribution in [1.82, 2.24) is 9.97 Å². The molecular formula is C14H17BrClN5. The summed E-state index contributed by atoms with van der Waals surface area (Å²) >= 11 is 9.68. The van der Waals surface area contributed by atoms with E-state index in [2.05, 4.69) is 43.6 Å². The second kappa shape index (κ2) is 7.06. The van der Waals surface area contributed by atoms with Gasteiger partial charge in [-0.1, -0.05) is 18.5 Å². The molecule has 0 amide bonds. The highest BCUT2D eigenvalue weighted by Gasteiger charge is 2.08. The van der Waals surface area contributed by atoms with Gasteiger partial charge in [-0.3, -0.25) is 0 Å². The van der Waals surface area contributed by atoms with Crippen LogP contribution in [0.25, 0.3) is 0 Å². The van der Waals surface area contributed by atoms with Crippen LogP contribution in [0.2, 0.25) is 5.02 Å². The van der Waals surface area contributed by atoms with E-state index in [1.165, 1.54) is 0 Å². The molecule has 7 heteroatoms. The summed E-state index contributed by atoms with van der Waals surface area (Å²) in [5.41, 5.74) is 4.41. The number of hydrogen-bond acceptors (Lipinski definition) is 5. The molecule has 0 fully saturated rings. The van der Waals surface area contributed by atoms with Crippen molar-refractivity contribution in [2.45, 2.75) is 26.7 Å². The summed E-state index contributed by atoms with van der Waals surface area (Å²) in [6.45, 7) is 4.03. The van der Waals surface area contributed by atoms with E-state index in [1.54, 1.807) is 6.07 Å². The topological polar surface area (TPSA) is 75.9 Å². The molecule has 1 aromatic heterocycles. The van der Waals surface area contributed by atoms with E-state index in [-0.39, 0.29) is 0 Å². The first kappa shape index (κ1) is 16.0. The Kier molecular flexibility index (Phi) is 5.39. The van der Waals surface area contributed by atoms with Gasteiger partial charge < -0.3 is 10.7 Å². The first-order chi connectivity index (χ1) is 10.0. The van der Waals surface area contributed by atoms with Crippen LogP contribution >= 0.6 is 27.5 Å². The van der Waals surface area contributed by atoms with Gasteiger partial charge in [0.15, 0.2) is 0 Å². The third-order valence-electron chi connectivity index (χ3n) is 2.90. The molecule has 0 saturated heterocycles. The summed E-state index contributed by atoms with van der Waals surface area (Å²) in [7, 11) is 0. The average Bonchev–Trinajstić information content (AvgIpc) is 2.45. The van der Waals surface area contributed by atoms with Crippen LogP contribution < -0.4 is 16.6 Å². The molecule has 0 spiro atoms. The van der Waals surface area contributed by atoms with E-state index in [4.69, 9.17) is 17.4 Å². The van der Waals surface area contributed by atoms with E-state index in [0.29, 0.717) is 16.7 Å². The standard InChI is InChI=1S/C14H17BrClN5/c1-3-4-12-19-13(7-14(20-12)21-17)18-11-6-10(16)8(2)5-9(11)15/h5-7H,3-4,17H2,1-2H3,(H2,18,19,20,21). The predicted octanol–water partition coefficient (Wildman–Crippen LogP) is 4.18. The number of nitrogens with one attached hydrogen (secondary N) is 2. The van der Waals surface area contributed by atoms with Crippen LogP contribution in [0, 0.1) is 6.92 Å².